The van der Waals surface area contributed by atoms with Gasteiger partial charge in [0.2, 0.25) is 0 Å². The lowest BCUT2D eigenvalue weighted by molar-refractivity contribution is -0.396. The topological polar surface area (TPSA) is 198 Å². The Hall–Kier alpha value is -3.46. The van der Waals surface area contributed by atoms with Gasteiger partial charge in [0.25, 0.3) is 34.8 Å². The van der Waals surface area contributed by atoms with Crippen LogP contribution in [0.25, 0.3) is 0 Å². The van der Waals surface area contributed by atoms with Crippen molar-refractivity contribution in [2.75, 3.05) is 0 Å². The number of nitro benzene ring substituents is 3. The number of hydrogen-bond acceptors (Lipinski definition) is 10. The molecule has 0 spiro atoms. The molecule has 2 rings (SSSR count). The van der Waals surface area contributed by atoms with Crippen LogP contribution in [0.1, 0.15) is 0 Å². The largest absolute Gasteiger partial charge is 0.295 e. The lowest BCUT2D eigenvalue weighted by atomic mass is 10.3. The maximum atomic E-state index is 12.5. The van der Waals surface area contributed by atoms with E-state index in [0.29, 0.717) is 30.3 Å². The molecular weight excluding hydrogens is 410 g/mol. The fourth-order valence-corrected chi connectivity index (χ4v) is 5.76. The van der Waals surface area contributed by atoms with Crippen molar-refractivity contribution in [3.63, 3.8) is 0 Å². The molecule has 0 saturated heterocycles. The highest BCUT2D eigenvalue weighted by atomic mass is 33.2. The zero-order valence-electron chi connectivity index (χ0n) is 12.8. The molecule has 0 aliphatic rings. The maximum absolute atomic E-state index is 12.5. The molecule has 0 aliphatic heterocycles. The number of nitrogens with zero attached hydrogens (tertiary/aromatic N) is 3. The van der Waals surface area contributed by atoms with E-state index in [4.69, 9.17) is 0 Å². The molecule has 0 bridgehead atoms. The molecule has 27 heavy (non-hydrogen) atoms. The van der Waals surface area contributed by atoms with Crippen LogP contribution in [0.5, 0.6) is 0 Å². The lowest BCUT2D eigenvalue weighted by Crippen LogP contribution is -2.17. The predicted octanol–water partition coefficient (Wildman–Crippen LogP) is 1.57. The van der Waals surface area contributed by atoms with Gasteiger partial charge in [0.1, 0.15) is 0 Å². The Balaban J connectivity index is 2.68. The first-order valence-electron chi connectivity index (χ1n) is 6.57. The van der Waals surface area contributed by atoms with E-state index in [1.807, 2.05) is 0 Å². The van der Waals surface area contributed by atoms with Crippen molar-refractivity contribution in [3.8, 4) is 0 Å². The summed E-state index contributed by atoms with van der Waals surface area (Å²) in [6.07, 6.45) is 0. The Kier molecular flexibility index (Phi) is 4.92. The predicted molar refractivity (Wildman–Crippen MR) is 87.2 cm³/mol. The second-order valence-corrected chi connectivity index (χ2v) is 10.2. The standard InChI is InChI=1S/C12H7N3O10S2/c16-13(17)8-1-4-10(5-2-8)26(22,23)27(24,25)12-6-3-9(14(18)19)7-11(12)15(20)21/h1-7H. The van der Waals surface area contributed by atoms with Gasteiger partial charge in [-0.15, -0.1) is 0 Å². The Labute approximate surface area is 149 Å². The first-order chi connectivity index (χ1) is 12.4. The van der Waals surface area contributed by atoms with E-state index >= 15 is 0 Å². The summed E-state index contributed by atoms with van der Waals surface area (Å²) < 4.78 is 49.8. The third kappa shape index (κ3) is 3.44. The van der Waals surface area contributed by atoms with Gasteiger partial charge in [-0.1, -0.05) is 0 Å². The summed E-state index contributed by atoms with van der Waals surface area (Å²) in [6, 6.07) is 4.15. The molecule has 2 aromatic carbocycles. The number of rotatable bonds is 6. The summed E-state index contributed by atoms with van der Waals surface area (Å²) in [5.74, 6) is 0. The van der Waals surface area contributed by atoms with Crippen molar-refractivity contribution >= 4 is 34.8 Å². The summed E-state index contributed by atoms with van der Waals surface area (Å²) in [5.41, 5.74) is -2.62. The third-order valence-electron chi connectivity index (χ3n) is 3.24. The number of hydrogen-bond donors (Lipinski definition) is 0. The molecule has 0 N–H and O–H groups in total. The number of nitro groups is 3. The first-order valence-corrected chi connectivity index (χ1v) is 10.1. The van der Waals surface area contributed by atoms with Crippen molar-refractivity contribution in [3.05, 3.63) is 72.8 Å². The van der Waals surface area contributed by atoms with Gasteiger partial charge in [0.05, 0.1) is 25.7 Å². The zero-order valence-corrected chi connectivity index (χ0v) is 14.4. The van der Waals surface area contributed by atoms with E-state index in [1.165, 1.54) is 0 Å². The molecular formula is C12H7N3O10S2. The average Bonchev–Trinajstić information content (AvgIpc) is 2.60. The van der Waals surface area contributed by atoms with Gasteiger partial charge in [-0.05, 0) is 18.2 Å². The first kappa shape index (κ1) is 19.9. The van der Waals surface area contributed by atoms with Crippen LogP contribution in [0.4, 0.5) is 17.1 Å². The molecule has 0 radical (unpaired) electrons. The summed E-state index contributed by atoms with van der Waals surface area (Å²) in [7, 11) is -10.7. The van der Waals surface area contributed by atoms with Crippen molar-refractivity contribution < 1.29 is 31.6 Å². The maximum Gasteiger partial charge on any atom is 0.295 e. The highest BCUT2D eigenvalue weighted by molar-refractivity contribution is 8.67. The molecule has 0 amide bonds. The van der Waals surface area contributed by atoms with Crippen LogP contribution in [0.15, 0.2) is 52.3 Å². The summed E-state index contributed by atoms with van der Waals surface area (Å²) >= 11 is 0. The van der Waals surface area contributed by atoms with E-state index in [-0.39, 0.29) is 0 Å². The molecule has 142 valence electrons. The minimum Gasteiger partial charge on any atom is -0.258 e. The molecule has 0 aromatic heterocycles. The molecule has 15 heteroatoms. The third-order valence-corrected chi connectivity index (χ3v) is 8.40. The van der Waals surface area contributed by atoms with Crippen molar-refractivity contribution in [2.45, 2.75) is 9.79 Å². The fourth-order valence-electron chi connectivity index (χ4n) is 1.95. The second kappa shape index (κ2) is 6.69. The van der Waals surface area contributed by atoms with Crippen LogP contribution in [-0.2, 0) is 17.7 Å². The SMILES string of the molecule is O=[N+]([O-])c1ccc(S(=O)(=O)S(=O)(=O)c2ccc([N+](=O)[O-])cc2[N+](=O)[O-])cc1. The molecule has 0 fully saturated rings. The van der Waals surface area contributed by atoms with Gasteiger partial charge < -0.3 is 0 Å². The lowest BCUT2D eigenvalue weighted by Gasteiger charge is -2.07. The van der Waals surface area contributed by atoms with Gasteiger partial charge in [-0.2, -0.15) is 0 Å². The van der Waals surface area contributed by atoms with Crippen LogP contribution in [0.2, 0.25) is 0 Å². The smallest absolute Gasteiger partial charge is 0.258 e. The van der Waals surface area contributed by atoms with E-state index in [2.05, 4.69) is 0 Å². The number of benzene rings is 2. The Morgan fingerprint density at radius 1 is 0.630 bits per heavy atom. The average molecular weight is 417 g/mol. The van der Waals surface area contributed by atoms with Crippen molar-refractivity contribution in [1.29, 1.82) is 0 Å². The van der Waals surface area contributed by atoms with Gasteiger partial charge in [-0.25, -0.2) is 16.8 Å². The second-order valence-electron chi connectivity index (χ2n) is 4.83. The van der Waals surface area contributed by atoms with Crippen LogP contribution in [-0.4, -0.2) is 31.6 Å². The van der Waals surface area contributed by atoms with Crippen LogP contribution in [0.3, 0.4) is 0 Å². The van der Waals surface area contributed by atoms with E-state index in [0.717, 1.165) is 12.1 Å². The normalized spacial score (nSPS) is 11.7. The summed E-state index contributed by atoms with van der Waals surface area (Å²) in [4.78, 5) is 27.1. The van der Waals surface area contributed by atoms with Crippen molar-refractivity contribution in [1.82, 2.24) is 0 Å². The molecule has 13 nitrogen and oxygen atoms in total. The molecule has 0 saturated carbocycles. The minimum absolute atomic E-state index is 0.318. The Morgan fingerprint density at radius 3 is 1.56 bits per heavy atom. The molecule has 0 unspecified atom stereocenters. The monoisotopic (exact) mass is 417 g/mol. The minimum atomic E-state index is -5.40. The van der Waals surface area contributed by atoms with Crippen LogP contribution >= 0.6 is 0 Å². The highest BCUT2D eigenvalue weighted by Crippen LogP contribution is 2.34. The summed E-state index contributed by atoms with van der Waals surface area (Å²) in [5, 5.41) is 32.4. The molecule has 2 aromatic rings. The van der Waals surface area contributed by atoms with Gasteiger partial charge in [0.15, 0.2) is 4.90 Å². The van der Waals surface area contributed by atoms with Gasteiger partial charge in [-0.3, -0.25) is 30.3 Å². The van der Waals surface area contributed by atoms with Gasteiger partial charge >= 0.3 is 0 Å². The number of non-ortho nitro benzene ring substituents is 2. The zero-order chi connectivity index (χ0) is 20.6. The Bertz CT molecular complexity index is 1170. The van der Waals surface area contributed by atoms with Gasteiger partial charge in [0, 0.05) is 18.2 Å². The Morgan fingerprint density at radius 2 is 1.11 bits per heavy atom. The van der Waals surface area contributed by atoms with E-state index in [1.54, 1.807) is 0 Å². The molecule has 0 heterocycles. The molecule has 0 aliphatic carbocycles. The van der Waals surface area contributed by atoms with Crippen molar-refractivity contribution in [2.24, 2.45) is 0 Å². The van der Waals surface area contributed by atoms with Crippen LogP contribution < -0.4 is 0 Å². The van der Waals surface area contributed by atoms with E-state index < -0.39 is 59.4 Å². The quantitative estimate of drug-likeness (QED) is 0.377. The van der Waals surface area contributed by atoms with Crippen LogP contribution in [0, 0.1) is 30.3 Å². The van der Waals surface area contributed by atoms with E-state index in [9.17, 15) is 47.2 Å². The molecule has 0 atom stereocenters. The summed E-state index contributed by atoms with van der Waals surface area (Å²) in [6.45, 7) is 0. The highest BCUT2D eigenvalue weighted by Gasteiger charge is 2.40. The fraction of sp³-hybridized carbons (Fsp3) is 0.